The normalized spacial score (nSPS) is 10.6. The molecule has 0 saturated heterocycles. The first-order valence-electron chi connectivity index (χ1n) is 10.6. The summed E-state index contributed by atoms with van der Waals surface area (Å²) < 4.78 is 0. The van der Waals surface area contributed by atoms with Gasteiger partial charge in [-0.15, -0.1) is 0 Å². The van der Waals surface area contributed by atoms with E-state index >= 15 is 0 Å². The second-order valence-corrected chi connectivity index (χ2v) is 7.91. The van der Waals surface area contributed by atoms with E-state index < -0.39 is 17.8 Å². The average Bonchev–Trinajstić information content (AvgIpc) is 2.86. The van der Waals surface area contributed by atoms with Gasteiger partial charge in [-0.25, -0.2) is 10.3 Å². The van der Waals surface area contributed by atoms with E-state index in [0.29, 0.717) is 23.6 Å². The Bertz CT molecular complexity index is 1160. The lowest BCUT2D eigenvalue weighted by Gasteiger charge is -2.23. The molecule has 3 rings (SSSR count). The molecule has 0 heterocycles. The lowest BCUT2D eigenvalue weighted by Crippen LogP contribution is -2.43. The van der Waals surface area contributed by atoms with Crippen LogP contribution >= 0.6 is 11.6 Å². The van der Waals surface area contributed by atoms with Crippen LogP contribution in [0.15, 0.2) is 84.9 Å². The molecule has 0 aliphatic carbocycles. The van der Waals surface area contributed by atoms with E-state index in [1.165, 1.54) is 11.6 Å². The smallest absolute Gasteiger partial charge is 0.320 e. The van der Waals surface area contributed by atoms with Crippen molar-refractivity contribution in [2.24, 2.45) is 0 Å². The molecule has 3 aromatic carbocycles. The highest BCUT2D eigenvalue weighted by Gasteiger charge is 2.18. The molecule has 0 saturated carbocycles. The second-order valence-electron chi connectivity index (χ2n) is 7.48. The Balaban J connectivity index is 1.72. The summed E-state index contributed by atoms with van der Waals surface area (Å²) in [7, 11) is 0. The van der Waals surface area contributed by atoms with Gasteiger partial charge in [0.15, 0.2) is 0 Å². The molecule has 3 aromatic rings. The van der Waals surface area contributed by atoms with Gasteiger partial charge >= 0.3 is 6.03 Å². The topological polar surface area (TPSA) is 98.7 Å². The minimum absolute atomic E-state index is 0.273. The first-order chi connectivity index (χ1) is 16.4. The van der Waals surface area contributed by atoms with E-state index in [2.05, 4.69) is 5.32 Å². The number of rotatable bonds is 8. The van der Waals surface area contributed by atoms with Gasteiger partial charge in [0.2, 0.25) is 0 Å². The first-order valence-corrected chi connectivity index (χ1v) is 10.9. The summed E-state index contributed by atoms with van der Waals surface area (Å²) in [5.74, 6) is -1.10. The molecule has 0 spiro atoms. The number of carbonyl (C=O) groups excluding carboxylic acids is 3. The average molecular weight is 478 g/mol. The van der Waals surface area contributed by atoms with Crippen LogP contribution < -0.4 is 10.8 Å². The summed E-state index contributed by atoms with van der Waals surface area (Å²) in [5.41, 5.74) is 4.50. The highest BCUT2D eigenvalue weighted by molar-refractivity contribution is 6.30. The van der Waals surface area contributed by atoms with Crippen molar-refractivity contribution in [3.05, 3.63) is 112 Å². The zero-order valence-electron chi connectivity index (χ0n) is 18.3. The SMILES string of the molecule is O=C(C=Cc1ccc(CN(CCc2cccc(Cl)c2)C(=O)NC(=O)c2ccccc2)cc1)NO. The van der Waals surface area contributed by atoms with Gasteiger partial charge in [0.25, 0.3) is 11.8 Å². The van der Waals surface area contributed by atoms with Crippen molar-refractivity contribution in [3.63, 3.8) is 0 Å². The van der Waals surface area contributed by atoms with Crippen LogP contribution in [0.4, 0.5) is 4.79 Å². The van der Waals surface area contributed by atoms with Gasteiger partial charge in [-0.05, 0) is 53.5 Å². The third kappa shape index (κ3) is 7.58. The molecule has 0 fully saturated rings. The van der Waals surface area contributed by atoms with Crippen LogP contribution in [0.2, 0.25) is 5.02 Å². The number of hydrogen-bond acceptors (Lipinski definition) is 4. The molecule has 0 aliphatic rings. The molecule has 0 aromatic heterocycles. The lowest BCUT2D eigenvalue weighted by molar-refractivity contribution is -0.124. The quantitative estimate of drug-likeness (QED) is 0.253. The number of hydroxylamine groups is 1. The maximum atomic E-state index is 13.0. The molecule has 0 bridgehead atoms. The fourth-order valence-corrected chi connectivity index (χ4v) is 3.42. The zero-order valence-corrected chi connectivity index (χ0v) is 19.0. The van der Waals surface area contributed by atoms with Crippen molar-refractivity contribution >= 4 is 35.5 Å². The van der Waals surface area contributed by atoms with E-state index in [1.807, 2.05) is 30.3 Å². The standard InChI is InChI=1S/C26H24ClN3O4/c27-23-8-4-5-20(17-23)15-16-30(26(33)28-25(32)22-6-2-1-3-7-22)18-21-11-9-19(10-12-21)13-14-24(31)29-34/h1-14,17,34H,15-16,18H2,(H,29,31)(H,28,32,33). The summed E-state index contributed by atoms with van der Waals surface area (Å²) in [6.07, 6.45) is 3.32. The summed E-state index contributed by atoms with van der Waals surface area (Å²) in [4.78, 5) is 38.2. The Kier molecular flexibility index (Phi) is 8.96. The number of nitrogens with zero attached hydrogens (tertiary/aromatic N) is 1. The summed E-state index contributed by atoms with van der Waals surface area (Å²) >= 11 is 6.08. The van der Waals surface area contributed by atoms with Gasteiger partial charge in [0.1, 0.15) is 0 Å². The fraction of sp³-hybridized carbons (Fsp3) is 0.115. The second kappa shape index (κ2) is 12.3. The third-order valence-electron chi connectivity index (χ3n) is 4.99. The van der Waals surface area contributed by atoms with Gasteiger partial charge in [0.05, 0.1) is 0 Å². The third-order valence-corrected chi connectivity index (χ3v) is 5.23. The van der Waals surface area contributed by atoms with Gasteiger partial charge in [0, 0.05) is 29.8 Å². The molecular weight excluding hydrogens is 454 g/mol. The minimum Gasteiger partial charge on any atom is -0.320 e. The summed E-state index contributed by atoms with van der Waals surface area (Å²) in [6.45, 7) is 0.641. The Morgan fingerprint density at radius 1 is 0.912 bits per heavy atom. The molecule has 0 unspecified atom stereocenters. The highest BCUT2D eigenvalue weighted by atomic mass is 35.5. The van der Waals surface area contributed by atoms with E-state index in [4.69, 9.17) is 16.8 Å². The van der Waals surface area contributed by atoms with E-state index in [-0.39, 0.29) is 6.54 Å². The van der Waals surface area contributed by atoms with Crippen molar-refractivity contribution in [1.29, 1.82) is 0 Å². The molecule has 7 nitrogen and oxygen atoms in total. The van der Waals surface area contributed by atoms with Gasteiger partial charge in [-0.2, -0.15) is 0 Å². The number of nitrogens with one attached hydrogen (secondary N) is 2. The summed E-state index contributed by atoms with van der Waals surface area (Å²) in [5, 5.41) is 11.6. The van der Waals surface area contributed by atoms with Crippen LogP contribution in [0.25, 0.3) is 6.08 Å². The predicted octanol–water partition coefficient (Wildman–Crippen LogP) is 4.45. The Morgan fingerprint density at radius 2 is 1.65 bits per heavy atom. The number of imide groups is 1. The zero-order chi connectivity index (χ0) is 24.3. The van der Waals surface area contributed by atoms with E-state index in [1.54, 1.807) is 59.5 Å². The molecule has 8 heteroatoms. The van der Waals surface area contributed by atoms with Gasteiger partial charge in [-0.1, -0.05) is 66.2 Å². The van der Waals surface area contributed by atoms with Crippen LogP contribution in [0.5, 0.6) is 0 Å². The van der Waals surface area contributed by atoms with Crippen molar-refractivity contribution in [2.75, 3.05) is 6.54 Å². The molecular formula is C26H24ClN3O4. The van der Waals surface area contributed by atoms with Crippen molar-refractivity contribution < 1.29 is 19.6 Å². The number of hydrogen-bond donors (Lipinski definition) is 3. The lowest BCUT2D eigenvalue weighted by atomic mass is 10.1. The predicted molar refractivity (Wildman–Crippen MR) is 130 cm³/mol. The minimum atomic E-state index is -0.629. The number of carbonyl (C=O) groups is 3. The van der Waals surface area contributed by atoms with Crippen LogP contribution in [-0.4, -0.2) is 34.5 Å². The van der Waals surface area contributed by atoms with Gasteiger partial charge in [-0.3, -0.25) is 20.1 Å². The van der Waals surface area contributed by atoms with E-state index in [9.17, 15) is 14.4 Å². The largest absolute Gasteiger partial charge is 0.324 e. The monoisotopic (exact) mass is 477 g/mol. The molecule has 0 radical (unpaired) electrons. The Labute approximate surface area is 202 Å². The van der Waals surface area contributed by atoms with Crippen molar-refractivity contribution in [2.45, 2.75) is 13.0 Å². The van der Waals surface area contributed by atoms with Gasteiger partial charge < -0.3 is 4.90 Å². The first kappa shape index (κ1) is 24.7. The fourth-order valence-electron chi connectivity index (χ4n) is 3.21. The maximum Gasteiger partial charge on any atom is 0.324 e. The maximum absolute atomic E-state index is 13.0. The van der Waals surface area contributed by atoms with E-state index in [0.717, 1.165) is 16.7 Å². The van der Waals surface area contributed by atoms with Crippen molar-refractivity contribution in [1.82, 2.24) is 15.7 Å². The highest BCUT2D eigenvalue weighted by Crippen LogP contribution is 2.14. The number of urea groups is 1. The molecule has 0 aliphatic heterocycles. The number of benzene rings is 3. The summed E-state index contributed by atoms with van der Waals surface area (Å²) in [6, 6.07) is 22.7. The van der Waals surface area contributed by atoms with Crippen LogP contribution in [0.1, 0.15) is 27.0 Å². The molecule has 0 atom stereocenters. The molecule has 34 heavy (non-hydrogen) atoms. The Morgan fingerprint density at radius 3 is 2.32 bits per heavy atom. The van der Waals surface area contributed by atoms with Crippen LogP contribution in [0, 0.1) is 0 Å². The molecule has 174 valence electrons. The molecule has 3 N–H and O–H groups in total. The van der Waals surface area contributed by atoms with Crippen LogP contribution in [-0.2, 0) is 17.8 Å². The van der Waals surface area contributed by atoms with Crippen molar-refractivity contribution in [3.8, 4) is 0 Å². The van der Waals surface area contributed by atoms with Crippen LogP contribution in [0.3, 0.4) is 0 Å². The number of amides is 4. The Hall–Kier alpha value is -3.94. The number of halogens is 1. The molecule has 4 amide bonds.